The van der Waals surface area contributed by atoms with Crippen molar-refractivity contribution in [3.63, 3.8) is 0 Å². The van der Waals surface area contributed by atoms with Crippen molar-refractivity contribution >= 4 is 30.7 Å². The Morgan fingerprint density at radius 1 is 1.60 bits per heavy atom. The van der Waals surface area contributed by atoms with E-state index in [1.165, 1.54) is 0 Å². The monoisotopic (exact) mass is 324 g/mol. The highest BCUT2D eigenvalue weighted by Gasteiger charge is 2.25. The average Bonchev–Trinajstić information content (AvgIpc) is 2.82. The fourth-order valence-corrected chi connectivity index (χ4v) is 2.06. The van der Waals surface area contributed by atoms with Gasteiger partial charge in [-0.05, 0) is 6.92 Å². The number of rotatable bonds is 4. The summed E-state index contributed by atoms with van der Waals surface area (Å²) in [6.07, 6.45) is 3.72. The van der Waals surface area contributed by atoms with Crippen LogP contribution < -0.4 is 5.32 Å². The van der Waals surface area contributed by atoms with Crippen LogP contribution in [-0.2, 0) is 23.1 Å². The van der Waals surface area contributed by atoms with Crippen molar-refractivity contribution < 1.29 is 9.53 Å². The van der Waals surface area contributed by atoms with Crippen LogP contribution in [0.1, 0.15) is 12.5 Å². The number of morpholine rings is 1. The van der Waals surface area contributed by atoms with E-state index in [0.717, 1.165) is 12.1 Å². The quantitative estimate of drug-likeness (QED) is 0.881. The second kappa shape index (κ2) is 9.18. The second-order valence-corrected chi connectivity index (χ2v) is 4.46. The second-order valence-electron chi connectivity index (χ2n) is 4.46. The van der Waals surface area contributed by atoms with Crippen molar-refractivity contribution in [1.29, 1.82) is 0 Å². The molecule has 0 radical (unpaired) electrons. The largest absolute Gasteiger partial charge is 0.378 e. The number of hydrogen-bond donors (Lipinski definition) is 1. The standard InChI is InChI=1S/C12H20N4O2.2ClH/c1-3-16(8-10-6-14-15(2)7-10)12(17)11-9-18-5-4-13-11;;/h6-7,11,13H,3-5,8-9H2,1-2H3;2*1H. The Balaban J connectivity index is 0.00000180. The summed E-state index contributed by atoms with van der Waals surface area (Å²) >= 11 is 0. The molecule has 116 valence electrons. The van der Waals surface area contributed by atoms with Crippen LogP contribution in [0, 0.1) is 0 Å². The Kier molecular flexibility index (Phi) is 8.80. The van der Waals surface area contributed by atoms with Crippen molar-refractivity contribution in [2.24, 2.45) is 7.05 Å². The molecule has 8 heteroatoms. The molecule has 1 saturated heterocycles. The first-order chi connectivity index (χ1) is 8.70. The summed E-state index contributed by atoms with van der Waals surface area (Å²) in [4.78, 5) is 14.1. The highest BCUT2D eigenvalue weighted by atomic mass is 35.5. The van der Waals surface area contributed by atoms with Gasteiger partial charge in [-0.25, -0.2) is 0 Å². The Morgan fingerprint density at radius 2 is 2.35 bits per heavy atom. The number of likely N-dealkylation sites (N-methyl/N-ethyl adjacent to an activating group) is 1. The zero-order chi connectivity index (χ0) is 13.0. The van der Waals surface area contributed by atoms with Gasteiger partial charge in [0.1, 0.15) is 6.04 Å². The van der Waals surface area contributed by atoms with Gasteiger partial charge < -0.3 is 15.0 Å². The Bertz CT molecular complexity index is 408. The van der Waals surface area contributed by atoms with Crippen molar-refractivity contribution in [3.8, 4) is 0 Å². The lowest BCUT2D eigenvalue weighted by atomic mass is 10.2. The minimum absolute atomic E-state index is 0. The summed E-state index contributed by atoms with van der Waals surface area (Å²) < 4.78 is 7.07. The third-order valence-corrected chi connectivity index (χ3v) is 3.04. The first-order valence-electron chi connectivity index (χ1n) is 6.28. The van der Waals surface area contributed by atoms with Gasteiger partial charge in [-0.2, -0.15) is 5.10 Å². The van der Waals surface area contributed by atoms with Crippen molar-refractivity contribution in [3.05, 3.63) is 18.0 Å². The average molecular weight is 325 g/mol. The number of halogens is 2. The minimum atomic E-state index is -0.213. The Labute approximate surface area is 131 Å². The fourth-order valence-electron chi connectivity index (χ4n) is 2.06. The molecule has 1 unspecified atom stereocenters. The molecule has 1 aliphatic heterocycles. The smallest absolute Gasteiger partial charge is 0.242 e. The normalized spacial score (nSPS) is 17.8. The van der Waals surface area contributed by atoms with Gasteiger partial charge in [0.15, 0.2) is 0 Å². The van der Waals surface area contributed by atoms with Crippen LogP contribution in [0.5, 0.6) is 0 Å². The number of amides is 1. The molecule has 0 aliphatic carbocycles. The number of carbonyl (C=O) groups excluding carboxylic acids is 1. The molecule has 0 saturated carbocycles. The van der Waals surface area contributed by atoms with Gasteiger partial charge in [0.25, 0.3) is 0 Å². The molecule has 1 aliphatic rings. The maximum absolute atomic E-state index is 12.3. The van der Waals surface area contributed by atoms with E-state index in [-0.39, 0.29) is 36.8 Å². The summed E-state index contributed by atoms with van der Waals surface area (Å²) in [5, 5.41) is 7.30. The van der Waals surface area contributed by atoms with E-state index >= 15 is 0 Å². The van der Waals surface area contributed by atoms with Gasteiger partial charge in [0, 0.05) is 38.4 Å². The van der Waals surface area contributed by atoms with Gasteiger partial charge >= 0.3 is 0 Å². The van der Waals surface area contributed by atoms with Gasteiger partial charge in [0.2, 0.25) is 5.91 Å². The molecule has 0 spiro atoms. The van der Waals surface area contributed by atoms with Crippen LogP contribution in [0.25, 0.3) is 0 Å². The first-order valence-corrected chi connectivity index (χ1v) is 6.28. The van der Waals surface area contributed by atoms with Crippen LogP contribution in [0.3, 0.4) is 0 Å². The third-order valence-electron chi connectivity index (χ3n) is 3.04. The highest BCUT2D eigenvalue weighted by molar-refractivity contribution is 5.85. The van der Waals surface area contributed by atoms with Gasteiger partial charge in [-0.3, -0.25) is 9.48 Å². The lowest BCUT2D eigenvalue weighted by Gasteiger charge is -2.29. The number of nitrogens with zero attached hydrogens (tertiary/aromatic N) is 3. The molecule has 1 fully saturated rings. The number of ether oxygens (including phenoxy) is 1. The molecule has 1 atom stereocenters. The van der Waals surface area contributed by atoms with E-state index in [0.29, 0.717) is 26.3 Å². The molecule has 2 rings (SSSR count). The van der Waals surface area contributed by atoms with E-state index in [9.17, 15) is 4.79 Å². The maximum Gasteiger partial charge on any atom is 0.242 e. The highest BCUT2D eigenvalue weighted by Crippen LogP contribution is 2.06. The third kappa shape index (κ3) is 4.94. The van der Waals surface area contributed by atoms with E-state index < -0.39 is 0 Å². The zero-order valence-corrected chi connectivity index (χ0v) is 13.4. The van der Waals surface area contributed by atoms with Gasteiger partial charge in [-0.15, -0.1) is 24.8 Å². The lowest BCUT2D eigenvalue weighted by Crippen LogP contribution is -2.52. The van der Waals surface area contributed by atoms with E-state index in [2.05, 4.69) is 10.4 Å². The summed E-state index contributed by atoms with van der Waals surface area (Å²) in [5.74, 6) is 0.0982. The Morgan fingerprint density at radius 3 is 2.85 bits per heavy atom. The Hall–Kier alpha value is -0.820. The molecular formula is C12H22Cl2N4O2. The number of aryl methyl sites for hydroxylation is 1. The fraction of sp³-hybridized carbons (Fsp3) is 0.667. The van der Waals surface area contributed by atoms with Crippen LogP contribution in [0.2, 0.25) is 0 Å². The zero-order valence-electron chi connectivity index (χ0n) is 11.7. The van der Waals surface area contributed by atoms with Crippen molar-refractivity contribution in [2.75, 3.05) is 26.3 Å². The van der Waals surface area contributed by atoms with Gasteiger partial charge in [-0.1, -0.05) is 0 Å². The van der Waals surface area contributed by atoms with Crippen molar-refractivity contribution in [2.45, 2.75) is 19.5 Å². The first kappa shape index (κ1) is 19.2. The molecule has 20 heavy (non-hydrogen) atoms. The van der Waals surface area contributed by atoms with Crippen LogP contribution in [0.4, 0.5) is 0 Å². The maximum atomic E-state index is 12.3. The summed E-state index contributed by atoms with van der Waals surface area (Å²) in [5.41, 5.74) is 1.05. The summed E-state index contributed by atoms with van der Waals surface area (Å²) in [7, 11) is 1.87. The number of carbonyl (C=O) groups is 1. The van der Waals surface area contributed by atoms with E-state index in [4.69, 9.17) is 4.74 Å². The van der Waals surface area contributed by atoms with Crippen LogP contribution >= 0.6 is 24.8 Å². The SMILES string of the molecule is CCN(Cc1cnn(C)c1)C(=O)C1COCCN1.Cl.Cl. The molecule has 0 aromatic carbocycles. The number of aromatic nitrogens is 2. The van der Waals surface area contributed by atoms with Crippen LogP contribution in [-0.4, -0.2) is 52.9 Å². The topological polar surface area (TPSA) is 59.4 Å². The summed E-state index contributed by atoms with van der Waals surface area (Å²) in [6.45, 7) is 5.15. The molecular weight excluding hydrogens is 303 g/mol. The molecule has 2 heterocycles. The van der Waals surface area contributed by atoms with E-state index in [1.54, 1.807) is 10.9 Å². The molecule has 0 bridgehead atoms. The van der Waals surface area contributed by atoms with Crippen molar-refractivity contribution in [1.82, 2.24) is 20.0 Å². The lowest BCUT2D eigenvalue weighted by molar-refractivity contribution is -0.136. The molecule has 1 aromatic heterocycles. The molecule has 6 nitrogen and oxygen atoms in total. The number of nitrogens with one attached hydrogen (secondary N) is 1. The number of hydrogen-bond acceptors (Lipinski definition) is 4. The molecule has 1 aromatic rings. The predicted octanol–water partition coefficient (Wildman–Crippen LogP) is 0.601. The molecule has 1 amide bonds. The van der Waals surface area contributed by atoms with Crippen LogP contribution in [0.15, 0.2) is 12.4 Å². The van der Waals surface area contributed by atoms with E-state index in [1.807, 2.05) is 25.1 Å². The molecule has 1 N–H and O–H groups in total. The summed E-state index contributed by atoms with van der Waals surface area (Å²) in [6, 6.07) is -0.213. The predicted molar refractivity (Wildman–Crippen MR) is 81.4 cm³/mol. The van der Waals surface area contributed by atoms with Gasteiger partial charge in [0.05, 0.1) is 19.4 Å². The minimum Gasteiger partial charge on any atom is -0.378 e.